The summed E-state index contributed by atoms with van der Waals surface area (Å²) in [5, 5.41) is 0. The van der Waals surface area contributed by atoms with Crippen LogP contribution in [0.25, 0.3) is 0 Å². The van der Waals surface area contributed by atoms with E-state index in [0.29, 0.717) is 6.42 Å². The lowest BCUT2D eigenvalue weighted by Crippen LogP contribution is -1.94. The molecule has 10 heavy (non-hydrogen) atoms. The van der Waals surface area contributed by atoms with E-state index in [4.69, 9.17) is 0 Å². The van der Waals surface area contributed by atoms with Crippen LogP contribution in [0.5, 0.6) is 0 Å². The highest BCUT2D eigenvalue weighted by molar-refractivity contribution is 5.96. The van der Waals surface area contributed by atoms with Crippen LogP contribution in [0.15, 0.2) is 24.3 Å². The average Bonchev–Trinajstić information content (AvgIpc) is 2.13. The van der Waals surface area contributed by atoms with Crippen LogP contribution in [0, 0.1) is 5.92 Å². The molecule has 0 atom stereocenters. The fourth-order valence-corrected chi connectivity index (χ4v) is 1.15. The Kier molecular flexibility index (Phi) is 2.05. The van der Waals surface area contributed by atoms with Crippen LogP contribution in [0.1, 0.15) is 19.8 Å². The Bertz CT molecular complexity index is 189. The summed E-state index contributed by atoms with van der Waals surface area (Å²) in [6.45, 7) is 5.60. The fraction of sp³-hybridized carbons (Fsp3) is 0.333. The van der Waals surface area contributed by atoms with E-state index in [0.717, 1.165) is 12.0 Å². The zero-order chi connectivity index (χ0) is 7.56. The topological polar surface area (TPSA) is 17.1 Å². The molecule has 0 aromatic rings. The van der Waals surface area contributed by atoms with Crippen molar-refractivity contribution >= 4 is 5.78 Å². The normalized spacial score (nSPS) is 19.3. The molecular formula is C9H11O. The second kappa shape index (κ2) is 2.82. The summed E-state index contributed by atoms with van der Waals surface area (Å²) in [6, 6.07) is 0. The van der Waals surface area contributed by atoms with E-state index < -0.39 is 0 Å². The molecule has 0 amide bonds. The van der Waals surface area contributed by atoms with Crippen LogP contribution in [-0.4, -0.2) is 5.78 Å². The second-order valence-corrected chi connectivity index (χ2v) is 2.57. The molecule has 0 N–H and O–H groups in total. The smallest absolute Gasteiger partial charge is 0.156 e. The number of carbonyl (C=O) groups excluding carboxylic acids is 1. The Balaban J connectivity index is 2.59. The predicted octanol–water partition coefficient (Wildman–Crippen LogP) is 2.06. The Morgan fingerprint density at radius 2 is 2.50 bits per heavy atom. The highest BCUT2D eigenvalue weighted by atomic mass is 16.1. The summed E-state index contributed by atoms with van der Waals surface area (Å²) in [5.41, 5.74) is 1.13. The van der Waals surface area contributed by atoms with Crippen LogP contribution in [-0.2, 0) is 4.79 Å². The lowest BCUT2D eigenvalue weighted by atomic mass is 9.99. The first-order valence-corrected chi connectivity index (χ1v) is 3.41. The van der Waals surface area contributed by atoms with Crippen LogP contribution < -0.4 is 0 Å². The van der Waals surface area contributed by atoms with Gasteiger partial charge in [-0.3, -0.25) is 4.79 Å². The molecule has 0 fully saturated rings. The summed E-state index contributed by atoms with van der Waals surface area (Å²) < 4.78 is 0. The van der Waals surface area contributed by atoms with E-state index in [1.807, 2.05) is 13.0 Å². The van der Waals surface area contributed by atoms with Crippen LogP contribution in [0.4, 0.5) is 0 Å². The Hall–Kier alpha value is -0.850. The quantitative estimate of drug-likeness (QED) is 0.529. The Labute approximate surface area is 61.4 Å². The van der Waals surface area contributed by atoms with E-state index in [-0.39, 0.29) is 5.78 Å². The van der Waals surface area contributed by atoms with Gasteiger partial charge in [0, 0.05) is 12.3 Å². The van der Waals surface area contributed by atoms with Gasteiger partial charge in [-0.1, -0.05) is 11.6 Å². The van der Waals surface area contributed by atoms with Crippen molar-refractivity contribution in [1.82, 2.24) is 0 Å². The maximum absolute atomic E-state index is 10.8. The zero-order valence-electron chi connectivity index (χ0n) is 6.18. The maximum atomic E-state index is 10.8. The molecule has 0 saturated carbocycles. The van der Waals surface area contributed by atoms with Gasteiger partial charge in [-0.05, 0) is 19.4 Å². The van der Waals surface area contributed by atoms with Gasteiger partial charge in [0.05, 0.1) is 0 Å². The third kappa shape index (κ3) is 1.35. The number of hydrogen-bond acceptors (Lipinski definition) is 1. The third-order valence-electron chi connectivity index (χ3n) is 1.71. The zero-order valence-corrected chi connectivity index (χ0v) is 6.18. The average molecular weight is 135 g/mol. The van der Waals surface area contributed by atoms with Gasteiger partial charge in [0.2, 0.25) is 0 Å². The molecule has 1 aliphatic rings. The van der Waals surface area contributed by atoms with E-state index in [1.165, 1.54) is 5.92 Å². The van der Waals surface area contributed by atoms with Crippen molar-refractivity contribution < 1.29 is 4.79 Å². The molecule has 0 heterocycles. The number of rotatable bonds is 2. The van der Waals surface area contributed by atoms with Gasteiger partial charge >= 0.3 is 0 Å². The highest BCUT2D eigenvalue weighted by Gasteiger charge is 2.20. The van der Waals surface area contributed by atoms with Crippen molar-refractivity contribution in [3.05, 3.63) is 30.2 Å². The molecule has 53 valence electrons. The molecule has 0 bridgehead atoms. The largest absolute Gasteiger partial charge is 0.295 e. The molecule has 0 unspecified atom stereocenters. The summed E-state index contributed by atoms with van der Waals surface area (Å²) in [7, 11) is 0. The second-order valence-electron chi connectivity index (χ2n) is 2.57. The number of carbonyl (C=O) groups is 1. The first-order valence-electron chi connectivity index (χ1n) is 3.41. The van der Waals surface area contributed by atoms with E-state index >= 15 is 0 Å². The number of ketones is 1. The summed E-state index contributed by atoms with van der Waals surface area (Å²) in [4.78, 5) is 10.8. The maximum Gasteiger partial charge on any atom is 0.156 e. The molecule has 1 aliphatic carbocycles. The van der Waals surface area contributed by atoms with Crippen LogP contribution >= 0.6 is 0 Å². The van der Waals surface area contributed by atoms with Crippen molar-refractivity contribution in [2.45, 2.75) is 19.8 Å². The molecule has 0 saturated heterocycles. The third-order valence-corrected chi connectivity index (χ3v) is 1.71. The summed E-state index contributed by atoms with van der Waals surface area (Å²) >= 11 is 0. The van der Waals surface area contributed by atoms with Gasteiger partial charge in [0.1, 0.15) is 0 Å². The highest BCUT2D eigenvalue weighted by Crippen LogP contribution is 2.27. The van der Waals surface area contributed by atoms with Gasteiger partial charge in [-0.2, -0.15) is 0 Å². The molecule has 0 aromatic carbocycles. The fourth-order valence-electron chi connectivity index (χ4n) is 1.15. The Morgan fingerprint density at radius 1 is 1.80 bits per heavy atom. The van der Waals surface area contributed by atoms with Gasteiger partial charge < -0.3 is 0 Å². The predicted molar refractivity (Wildman–Crippen MR) is 41.4 cm³/mol. The minimum Gasteiger partial charge on any atom is -0.295 e. The number of allylic oxidation sites excluding steroid dienone is 3. The number of hydrogen-bond donors (Lipinski definition) is 0. The molecule has 0 aliphatic heterocycles. The minimum atomic E-state index is 0.231. The molecule has 0 spiro atoms. The van der Waals surface area contributed by atoms with Crippen molar-refractivity contribution in [2.24, 2.45) is 0 Å². The summed E-state index contributed by atoms with van der Waals surface area (Å²) in [6.07, 6.45) is 5.01. The molecule has 0 aromatic heterocycles. The van der Waals surface area contributed by atoms with Gasteiger partial charge in [-0.25, -0.2) is 0 Å². The molecular weight excluding hydrogens is 124 g/mol. The summed E-state index contributed by atoms with van der Waals surface area (Å²) in [5.74, 6) is 1.45. The SMILES string of the molecule is C=CC[C]1CC(=O)C=C1C. The van der Waals surface area contributed by atoms with Crippen molar-refractivity contribution in [3.8, 4) is 0 Å². The van der Waals surface area contributed by atoms with E-state index in [9.17, 15) is 4.79 Å². The Morgan fingerprint density at radius 3 is 2.90 bits per heavy atom. The van der Waals surface area contributed by atoms with Gasteiger partial charge in [0.15, 0.2) is 5.78 Å². The first kappa shape index (κ1) is 7.26. The standard InChI is InChI=1S/C9H11O/c1-3-4-8-6-9(10)5-7(8)2/h3,5H,1,4,6H2,2H3. The lowest BCUT2D eigenvalue weighted by Gasteiger charge is -2.04. The minimum absolute atomic E-state index is 0.231. The molecule has 1 radical (unpaired) electrons. The lowest BCUT2D eigenvalue weighted by molar-refractivity contribution is -0.113. The van der Waals surface area contributed by atoms with Crippen molar-refractivity contribution in [3.63, 3.8) is 0 Å². The van der Waals surface area contributed by atoms with E-state index in [2.05, 4.69) is 6.58 Å². The first-order chi connectivity index (χ1) is 4.74. The van der Waals surface area contributed by atoms with E-state index in [1.54, 1.807) is 6.08 Å². The van der Waals surface area contributed by atoms with Gasteiger partial charge in [0.25, 0.3) is 0 Å². The van der Waals surface area contributed by atoms with Crippen LogP contribution in [0.3, 0.4) is 0 Å². The van der Waals surface area contributed by atoms with Crippen LogP contribution in [0.2, 0.25) is 0 Å². The van der Waals surface area contributed by atoms with Crippen molar-refractivity contribution in [2.75, 3.05) is 0 Å². The van der Waals surface area contributed by atoms with Gasteiger partial charge in [-0.15, -0.1) is 6.58 Å². The monoisotopic (exact) mass is 135 g/mol. The molecule has 1 heteroatoms. The molecule has 1 nitrogen and oxygen atoms in total. The molecule has 1 rings (SSSR count). The van der Waals surface area contributed by atoms with Crippen molar-refractivity contribution in [1.29, 1.82) is 0 Å².